The van der Waals surface area contributed by atoms with E-state index in [4.69, 9.17) is 11.6 Å². The van der Waals surface area contributed by atoms with Crippen LogP contribution in [0.1, 0.15) is 10.8 Å². The quantitative estimate of drug-likeness (QED) is 0.122. The number of nitro groups is 1. The zero-order chi connectivity index (χ0) is 26.8. The third kappa shape index (κ3) is 4.64. The summed E-state index contributed by atoms with van der Waals surface area (Å²) in [5.41, 5.74) is 1.12. The van der Waals surface area contributed by atoms with Crippen LogP contribution in [-0.2, 0) is 11.3 Å². The molecule has 38 heavy (non-hydrogen) atoms. The number of benzene rings is 3. The fourth-order valence-corrected chi connectivity index (χ4v) is 5.29. The molecule has 5 aromatic rings. The van der Waals surface area contributed by atoms with Gasteiger partial charge in [-0.3, -0.25) is 28.7 Å². The number of nitro benzene ring substituents is 1. The number of thioether (sulfide) groups is 1. The molecule has 0 radical (unpaired) electrons. The molecule has 190 valence electrons. The second-order valence-electron chi connectivity index (χ2n) is 8.16. The highest BCUT2D eigenvalue weighted by atomic mass is 35.5. The van der Waals surface area contributed by atoms with Gasteiger partial charge in [0, 0.05) is 18.7 Å². The van der Waals surface area contributed by atoms with Crippen LogP contribution in [0.4, 0.5) is 11.4 Å². The van der Waals surface area contributed by atoms with Crippen LogP contribution in [0.25, 0.3) is 16.7 Å². The maximum atomic E-state index is 13.6. The Balaban J connectivity index is 1.59. The van der Waals surface area contributed by atoms with E-state index in [2.05, 4.69) is 22.1 Å². The van der Waals surface area contributed by atoms with Gasteiger partial charge in [-0.1, -0.05) is 71.9 Å². The van der Waals surface area contributed by atoms with Gasteiger partial charge in [0.25, 0.3) is 11.2 Å². The second-order valence-corrected chi connectivity index (χ2v) is 9.64. The van der Waals surface area contributed by atoms with Crippen molar-refractivity contribution in [3.63, 3.8) is 0 Å². The highest BCUT2D eigenvalue weighted by Gasteiger charge is 2.27. The Bertz CT molecular complexity index is 1770. The number of nitrogens with one attached hydrogen (secondary N) is 1. The van der Waals surface area contributed by atoms with Gasteiger partial charge in [-0.2, -0.15) is 0 Å². The van der Waals surface area contributed by atoms with Crippen molar-refractivity contribution in [3.8, 4) is 0 Å². The van der Waals surface area contributed by atoms with E-state index in [1.807, 2.05) is 36.4 Å². The van der Waals surface area contributed by atoms with Crippen LogP contribution in [0.3, 0.4) is 0 Å². The Kier molecular flexibility index (Phi) is 6.95. The molecule has 1 atom stereocenters. The van der Waals surface area contributed by atoms with Gasteiger partial charge in [-0.15, -0.1) is 16.8 Å². The van der Waals surface area contributed by atoms with Crippen LogP contribution in [0.5, 0.6) is 0 Å². The molecule has 0 unspecified atom stereocenters. The highest BCUT2D eigenvalue weighted by Crippen LogP contribution is 2.37. The minimum Gasteiger partial charge on any atom is -0.323 e. The number of para-hydroxylation sites is 1. The number of allylic oxidation sites excluding steroid dienone is 1. The van der Waals surface area contributed by atoms with E-state index in [9.17, 15) is 19.7 Å². The monoisotopic (exact) mass is 546 g/mol. The summed E-state index contributed by atoms with van der Waals surface area (Å²) < 4.78 is 3.22. The number of aromatic nitrogens is 4. The maximum absolute atomic E-state index is 13.6. The lowest BCUT2D eigenvalue weighted by atomic mass is 10.1. The molecule has 0 fully saturated rings. The number of amides is 1. The number of nitrogens with zero attached hydrogens (tertiary/aromatic N) is 5. The first-order chi connectivity index (χ1) is 18.4. The van der Waals surface area contributed by atoms with E-state index in [0.717, 1.165) is 11.8 Å². The number of hydrogen-bond acceptors (Lipinski definition) is 7. The van der Waals surface area contributed by atoms with Gasteiger partial charge in [0.05, 0.1) is 26.5 Å². The number of carbonyl (C=O) groups excluding carboxylic acids is 1. The molecule has 0 saturated carbocycles. The molecular formula is C26H19ClN6O4S. The zero-order valence-corrected chi connectivity index (χ0v) is 21.2. The molecule has 0 aliphatic carbocycles. The average Bonchev–Trinajstić information content (AvgIpc) is 3.34. The largest absolute Gasteiger partial charge is 0.323 e. The molecule has 12 heteroatoms. The normalized spacial score (nSPS) is 11.9. The predicted octanol–water partition coefficient (Wildman–Crippen LogP) is 5.26. The highest BCUT2D eigenvalue weighted by molar-refractivity contribution is 8.00. The van der Waals surface area contributed by atoms with Gasteiger partial charge < -0.3 is 5.32 Å². The minimum absolute atomic E-state index is 0.0386. The van der Waals surface area contributed by atoms with Crippen LogP contribution in [0, 0.1) is 10.1 Å². The van der Waals surface area contributed by atoms with Crippen molar-refractivity contribution in [1.82, 2.24) is 19.2 Å². The molecule has 10 nitrogen and oxygen atoms in total. The lowest BCUT2D eigenvalue weighted by molar-refractivity contribution is -0.384. The summed E-state index contributed by atoms with van der Waals surface area (Å²) in [6.07, 6.45) is 1.60. The van der Waals surface area contributed by atoms with Crippen LogP contribution >= 0.6 is 23.4 Å². The van der Waals surface area contributed by atoms with E-state index in [1.165, 1.54) is 22.8 Å². The van der Waals surface area contributed by atoms with Gasteiger partial charge in [0.1, 0.15) is 5.25 Å². The molecule has 0 aliphatic rings. The molecule has 2 heterocycles. The summed E-state index contributed by atoms with van der Waals surface area (Å²) in [7, 11) is 0. The number of rotatable bonds is 8. The topological polar surface area (TPSA) is 124 Å². The number of fused-ring (bicyclic) bond motifs is 3. The first-order valence-electron chi connectivity index (χ1n) is 11.3. The standard InChI is InChI=1S/C26H19ClN6O4S/c1-2-14-31-24(35)18-10-6-7-11-21(18)32-25(31)29-30-26(32)38-22(16-8-4-3-5-9-16)23(34)28-20-13-12-17(33(36)37)15-19(20)27/h2-13,15,22H,1,14H2,(H,28,34)/t22-/m0/s1. The Morgan fingerprint density at radius 2 is 1.87 bits per heavy atom. The van der Waals surface area contributed by atoms with Crippen LogP contribution < -0.4 is 10.9 Å². The average molecular weight is 547 g/mol. The molecule has 1 amide bonds. The minimum atomic E-state index is -0.798. The number of carbonyl (C=O) groups is 1. The van der Waals surface area contributed by atoms with Crippen molar-refractivity contribution in [2.24, 2.45) is 0 Å². The molecule has 1 N–H and O–H groups in total. The van der Waals surface area contributed by atoms with Gasteiger partial charge in [0.2, 0.25) is 11.7 Å². The molecular weight excluding hydrogens is 528 g/mol. The Morgan fingerprint density at radius 3 is 2.58 bits per heavy atom. The van der Waals surface area contributed by atoms with E-state index in [-0.39, 0.29) is 28.5 Å². The second kappa shape index (κ2) is 10.5. The molecule has 0 aliphatic heterocycles. The molecule has 0 bridgehead atoms. The van der Waals surface area contributed by atoms with Gasteiger partial charge in [-0.25, -0.2) is 0 Å². The molecule has 0 spiro atoms. The number of hydrogen-bond donors (Lipinski definition) is 1. The van der Waals surface area contributed by atoms with Crippen molar-refractivity contribution in [2.45, 2.75) is 17.0 Å². The first-order valence-corrected chi connectivity index (χ1v) is 12.6. The maximum Gasteiger partial charge on any atom is 0.271 e. The van der Waals surface area contributed by atoms with Gasteiger partial charge in [-0.05, 0) is 23.8 Å². The van der Waals surface area contributed by atoms with Crippen LogP contribution in [0.2, 0.25) is 5.02 Å². The number of non-ortho nitro benzene ring substituents is 1. The molecule has 5 rings (SSSR count). The zero-order valence-electron chi connectivity index (χ0n) is 19.7. The Labute approximate surface area is 224 Å². The fraction of sp³-hybridized carbons (Fsp3) is 0.0769. The summed E-state index contributed by atoms with van der Waals surface area (Å²) in [5.74, 6) is -0.0980. The third-order valence-corrected chi connectivity index (χ3v) is 7.28. The smallest absolute Gasteiger partial charge is 0.271 e. The van der Waals surface area contributed by atoms with E-state index >= 15 is 0 Å². The molecule has 0 saturated heterocycles. The summed E-state index contributed by atoms with van der Waals surface area (Å²) in [4.78, 5) is 37.2. The number of halogens is 1. The summed E-state index contributed by atoms with van der Waals surface area (Å²) in [5, 5.41) is 22.5. The fourth-order valence-electron chi connectivity index (χ4n) is 4.03. The van der Waals surface area contributed by atoms with Gasteiger partial charge in [0.15, 0.2) is 5.16 Å². The SMILES string of the molecule is C=CCn1c(=O)c2ccccc2n2c(S[C@H](C(=O)Nc3ccc([N+](=O)[O-])cc3Cl)c3ccccc3)nnc12. The van der Waals surface area contributed by atoms with Crippen molar-refractivity contribution in [2.75, 3.05) is 5.32 Å². The first kappa shape index (κ1) is 25.2. The van der Waals surface area contributed by atoms with Crippen molar-refractivity contribution in [3.05, 3.63) is 117 Å². The molecule has 3 aromatic carbocycles. The van der Waals surface area contributed by atoms with Gasteiger partial charge >= 0.3 is 0 Å². The number of anilines is 1. The summed E-state index contributed by atoms with van der Waals surface area (Å²) >= 11 is 7.38. The summed E-state index contributed by atoms with van der Waals surface area (Å²) in [6, 6.07) is 20.0. The predicted molar refractivity (Wildman–Crippen MR) is 147 cm³/mol. The Morgan fingerprint density at radius 1 is 1.13 bits per heavy atom. The summed E-state index contributed by atoms with van der Waals surface area (Å²) in [6.45, 7) is 3.97. The molecule has 2 aromatic heterocycles. The van der Waals surface area contributed by atoms with Crippen molar-refractivity contribution < 1.29 is 9.72 Å². The van der Waals surface area contributed by atoms with Crippen molar-refractivity contribution in [1.29, 1.82) is 0 Å². The van der Waals surface area contributed by atoms with E-state index in [1.54, 1.807) is 28.7 Å². The third-order valence-electron chi connectivity index (χ3n) is 5.77. The lowest BCUT2D eigenvalue weighted by Crippen LogP contribution is -2.23. The van der Waals surface area contributed by atoms with Crippen LogP contribution in [0.15, 0.2) is 95.4 Å². The Hall–Kier alpha value is -4.48. The van der Waals surface area contributed by atoms with Crippen molar-refractivity contribution >= 4 is 57.3 Å². The van der Waals surface area contributed by atoms with E-state index in [0.29, 0.717) is 27.4 Å². The van der Waals surface area contributed by atoms with Crippen LogP contribution in [-0.4, -0.2) is 30.0 Å². The lowest BCUT2D eigenvalue weighted by Gasteiger charge is -2.17. The van der Waals surface area contributed by atoms with E-state index < -0.39 is 16.1 Å².